The quantitative estimate of drug-likeness (QED) is 0.166. The van der Waals surface area contributed by atoms with Crippen LogP contribution in [0.2, 0.25) is 0 Å². The lowest BCUT2D eigenvalue weighted by molar-refractivity contribution is 0.669. The smallest absolute Gasteiger partial charge is 0.164 e. The van der Waals surface area contributed by atoms with E-state index >= 15 is 0 Å². The second-order valence-corrected chi connectivity index (χ2v) is 13.2. The predicted octanol–water partition coefficient (Wildman–Crippen LogP) is 13.1. The maximum Gasteiger partial charge on any atom is 0.164 e. The molecule has 8 aromatic carbocycles. The normalized spacial score (nSPS) is 11.3. The third-order valence-electron chi connectivity index (χ3n) is 9.89. The molecule has 0 fully saturated rings. The van der Waals surface area contributed by atoms with Gasteiger partial charge in [0.1, 0.15) is 11.2 Å². The maximum absolute atomic E-state index is 6.75. The lowest BCUT2D eigenvalue weighted by Crippen LogP contribution is -2.09. The van der Waals surface area contributed by atoms with E-state index < -0.39 is 0 Å². The van der Waals surface area contributed by atoms with Crippen LogP contribution in [-0.4, -0.2) is 15.0 Å². The van der Waals surface area contributed by atoms with Gasteiger partial charge in [-0.2, -0.15) is 0 Å². The van der Waals surface area contributed by atoms with Crippen LogP contribution in [0.3, 0.4) is 0 Å². The van der Waals surface area contributed by atoms with Crippen molar-refractivity contribution in [2.24, 2.45) is 0 Å². The number of para-hydroxylation sites is 2. The van der Waals surface area contributed by atoms with Crippen LogP contribution in [-0.2, 0) is 0 Å². The Morgan fingerprint density at radius 1 is 0.333 bits per heavy atom. The molecule has 5 heteroatoms. The molecular formula is C49H32N4O. The van der Waals surface area contributed by atoms with Crippen molar-refractivity contribution in [3.05, 3.63) is 194 Å². The zero-order valence-electron chi connectivity index (χ0n) is 29.2. The van der Waals surface area contributed by atoms with Gasteiger partial charge in [-0.15, -0.1) is 0 Å². The van der Waals surface area contributed by atoms with Gasteiger partial charge in [0.15, 0.2) is 17.5 Å². The third kappa shape index (κ3) is 5.56. The Hall–Kier alpha value is -7.37. The second-order valence-electron chi connectivity index (χ2n) is 13.2. The summed E-state index contributed by atoms with van der Waals surface area (Å²) in [6.45, 7) is 0. The molecule has 0 bridgehead atoms. The van der Waals surface area contributed by atoms with E-state index in [1.165, 1.54) is 0 Å². The highest BCUT2D eigenvalue weighted by molar-refractivity contribution is 6.25. The van der Waals surface area contributed by atoms with E-state index in [0.717, 1.165) is 77.6 Å². The highest BCUT2D eigenvalue weighted by Crippen LogP contribution is 2.44. The number of fused-ring (bicyclic) bond motifs is 5. The Kier molecular flexibility index (Phi) is 7.73. The standard InChI is InChI=1S/C49H32N4O/c1-5-17-33(18-6-1)47-50-48(34-19-7-2-8-20-34)52-49(51-47)41-29-16-30-43-46(41)45-40-28-14-13-27-39(40)42(32-44(45)54-43)35-21-15-26-38(31-35)53(36-22-9-3-10-23-36)37-24-11-4-12-25-37/h1-32H. The number of hydrogen-bond donors (Lipinski definition) is 0. The fourth-order valence-electron chi connectivity index (χ4n) is 7.45. The monoisotopic (exact) mass is 692 g/mol. The van der Waals surface area contributed by atoms with Gasteiger partial charge in [-0.25, -0.2) is 15.0 Å². The first-order chi connectivity index (χ1) is 26.8. The molecule has 10 aromatic rings. The molecule has 0 atom stereocenters. The number of rotatable bonds is 7. The molecule has 0 aliphatic rings. The molecule has 0 aliphatic carbocycles. The van der Waals surface area contributed by atoms with Crippen molar-refractivity contribution in [2.75, 3.05) is 4.90 Å². The largest absolute Gasteiger partial charge is 0.456 e. The molecule has 0 saturated carbocycles. The summed E-state index contributed by atoms with van der Waals surface area (Å²) in [6.07, 6.45) is 0. The summed E-state index contributed by atoms with van der Waals surface area (Å²) >= 11 is 0. The number of benzene rings is 8. The minimum absolute atomic E-state index is 0.596. The molecule has 0 amide bonds. The lowest BCUT2D eigenvalue weighted by Gasteiger charge is -2.26. The molecular weight excluding hydrogens is 661 g/mol. The first-order valence-corrected chi connectivity index (χ1v) is 18.0. The van der Waals surface area contributed by atoms with E-state index in [1.54, 1.807) is 0 Å². The van der Waals surface area contributed by atoms with E-state index in [9.17, 15) is 0 Å². The summed E-state index contributed by atoms with van der Waals surface area (Å²) < 4.78 is 6.75. The summed E-state index contributed by atoms with van der Waals surface area (Å²) in [5, 5.41) is 4.25. The van der Waals surface area contributed by atoms with Gasteiger partial charge in [0.2, 0.25) is 0 Å². The Labute approximate surface area is 312 Å². The van der Waals surface area contributed by atoms with Crippen molar-refractivity contribution in [1.82, 2.24) is 15.0 Å². The molecule has 0 N–H and O–H groups in total. The van der Waals surface area contributed by atoms with Gasteiger partial charge in [0, 0.05) is 44.5 Å². The highest BCUT2D eigenvalue weighted by Gasteiger charge is 2.21. The number of aromatic nitrogens is 3. The Bertz CT molecular complexity index is 2830. The van der Waals surface area contributed by atoms with Gasteiger partial charge in [0.25, 0.3) is 0 Å². The van der Waals surface area contributed by atoms with Crippen LogP contribution in [0, 0.1) is 0 Å². The summed E-state index contributed by atoms with van der Waals surface area (Å²) in [6, 6.07) is 66.8. The van der Waals surface area contributed by atoms with Crippen molar-refractivity contribution < 1.29 is 4.42 Å². The molecule has 5 nitrogen and oxygen atoms in total. The molecule has 254 valence electrons. The summed E-state index contributed by atoms with van der Waals surface area (Å²) in [5.41, 5.74) is 9.78. The van der Waals surface area contributed by atoms with E-state index in [0.29, 0.717) is 17.5 Å². The average Bonchev–Trinajstić information content (AvgIpc) is 3.64. The fourth-order valence-corrected chi connectivity index (χ4v) is 7.45. The molecule has 2 heterocycles. The topological polar surface area (TPSA) is 55.1 Å². The van der Waals surface area contributed by atoms with Crippen molar-refractivity contribution in [3.63, 3.8) is 0 Å². The molecule has 0 aliphatic heterocycles. The van der Waals surface area contributed by atoms with E-state index in [2.05, 4.69) is 126 Å². The predicted molar refractivity (Wildman–Crippen MR) is 221 cm³/mol. The van der Waals surface area contributed by atoms with Gasteiger partial charge in [-0.05, 0) is 70.4 Å². The van der Waals surface area contributed by atoms with Gasteiger partial charge >= 0.3 is 0 Å². The molecule has 54 heavy (non-hydrogen) atoms. The fraction of sp³-hybridized carbons (Fsp3) is 0. The second kappa shape index (κ2) is 13.3. The summed E-state index contributed by atoms with van der Waals surface area (Å²) in [5.74, 6) is 1.84. The van der Waals surface area contributed by atoms with Crippen molar-refractivity contribution in [3.8, 4) is 45.3 Å². The van der Waals surface area contributed by atoms with Gasteiger partial charge in [0.05, 0.1) is 0 Å². The molecule has 2 aromatic heterocycles. The molecule has 0 unspecified atom stereocenters. The third-order valence-corrected chi connectivity index (χ3v) is 9.89. The number of anilines is 3. The zero-order chi connectivity index (χ0) is 35.8. The molecule has 0 spiro atoms. The minimum Gasteiger partial charge on any atom is -0.456 e. The van der Waals surface area contributed by atoms with Crippen LogP contribution < -0.4 is 4.90 Å². The Morgan fingerprint density at radius 3 is 1.46 bits per heavy atom. The van der Waals surface area contributed by atoms with Crippen LogP contribution >= 0.6 is 0 Å². The van der Waals surface area contributed by atoms with Gasteiger partial charge < -0.3 is 9.32 Å². The van der Waals surface area contributed by atoms with Crippen LogP contribution in [0.5, 0.6) is 0 Å². The van der Waals surface area contributed by atoms with E-state index in [-0.39, 0.29) is 0 Å². The summed E-state index contributed by atoms with van der Waals surface area (Å²) in [7, 11) is 0. The molecule has 10 rings (SSSR count). The minimum atomic E-state index is 0.596. The van der Waals surface area contributed by atoms with E-state index in [4.69, 9.17) is 19.4 Å². The lowest BCUT2D eigenvalue weighted by atomic mass is 9.93. The Balaban J connectivity index is 1.18. The van der Waals surface area contributed by atoms with Crippen LogP contribution in [0.15, 0.2) is 199 Å². The van der Waals surface area contributed by atoms with Crippen molar-refractivity contribution in [1.29, 1.82) is 0 Å². The van der Waals surface area contributed by atoms with Gasteiger partial charge in [-0.1, -0.05) is 146 Å². The summed E-state index contributed by atoms with van der Waals surface area (Å²) in [4.78, 5) is 17.4. The highest BCUT2D eigenvalue weighted by atomic mass is 16.3. The first kappa shape index (κ1) is 31.4. The molecule has 0 saturated heterocycles. The van der Waals surface area contributed by atoms with Crippen LogP contribution in [0.1, 0.15) is 0 Å². The molecule has 0 radical (unpaired) electrons. The van der Waals surface area contributed by atoms with Crippen molar-refractivity contribution in [2.45, 2.75) is 0 Å². The number of nitrogens with zero attached hydrogens (tertiary/aromatic N) is 4. The Morgan fingerprint density at radius 2 is 0.833 bits per heavy atom. The first-order valence-electron chi connectivity index (χ1n) is 18.0. The van der Waals surface area contributed by atoms with Crippen LogP contribution in [0.4, 0.5) is 17.1 Å². The van der Waals surface area contributed by atoms with Crippen LogP contribution in [0.25, 0.3) is 78.0 Å². The average molecular weight is 693 g/mol. The number of furan rings is 1. The number of hydrogen-bond acceptors (Lipinski definition) is 5. The van der Waals surface area contributed by atoms with E-state index in [1.807, 2.05) is 72.8 Å². The zero-order valence-corrected chi connectivity index (χ0v) is 29.2. The SMILES string of the molecule is c1ccc(-c2nc(-c3ccccc3)nc(-c3cccc4oc5cc(-c6cccc(N(c7ccccc7)c7ccccc7)c6)c6ccccc6c5c34)n2)cc1. The van der Waals surface area contributed by atoms with Crippen molar-refractivity contribution >= 4 is 49.8 Å². The maximum atomic E-state index is 6.75. The van der Waals surface area contributed by atoms with Gasteiger partial charge in [-0.3, -0.25) is 0 Å².